The van der Waals surface area contributed by atoms with E-state index >= 15 is 0 Å². The summed E-state index contributed by atoms with van der Waals surface area (Å²) in [5, 5.41) is 0. The minimum absolute atomic E-state index is 0.0468. The maximum absolute atomic E-state index is 11.9. The third-order valence-corrected chi connectivity index (χ3v) is 3.32. The molecule has 0 spiro atoms. The molecule has 1 aliphatic heterocycles. The Kier molecular flexibility index (Phi) is 2.88. The van der Waals surface area contributed by atoms with E-state index in [4.69, 9.17) is 0 Å². The molecule has 94 valence electrons. The summed E-state index contributed by atoms with van der Waals surface area (Å²) < 4.78 is 0. The standard InChI is InChI=1S/C16H14N2O/c1-12(19)18-11-15-8-9-17-10-14(15)7-6-13-4-2-3-5-16(13)18/h2-10H,11H2,1H3/b7-6-. The van der Waals surface area contributed by atoms with Crippen molar-refractivity contribution in [3.8, 4) is 0 Å². The molecule has 3 nitrogen and oxygen atoms in total. The number of fused-ring (bicyclic) bond motifs is 2. The molecule has 0 saturated carbocycles. The van der Waals surface area contributed by atoms with Crippen LogP contribution in [0.2, 0.25) is 0 Å². The molecule has 19 heavy (non-hydrogen) atoms. The van der Waals surface area contributed by atoms with E-state index in [1.165, 1.54) is 0 Å². The van der Waals surface area contributed by atoms with Crippen molar-refractivity contribution < 1.29 is 4.79 Å². The van der Waals surface area contributed by atoms with E-state index in [0.717, 1.165) is 22.4 Å². The van der Waals surface area contributed by atoms with Crippen molar-refractivity contribution in [1.29, 1.82) is 0 Å². The molecule has 1 aliphatic rings. The van der Waals surface area contributed by atoms with Crippen LogP contribution in [0.1, 0.15) is 23.6 Å². The minimum Gasteiger partial charge on any atom is -0.308 e. The van der Waals surface area contributed by atoms with Crippen molar-refractivity contribution in [2.24, 2.45) is 0 Å². The lowest BCUT2D eigenvalue weighted by molar-refractivity contribution is -0.116. The maximum atomic E-state index is 11.9. The Morgan fingerprint density at radius 1 is 1.16 bits per heavy atom. The van der Waals surface area contributed by atoms with Crippen LogP contribution in [-0.2, 0) is 11.3 Å². The van der Waals surface area contributed by atoms with Crippen molar-refractivity contribution in [1.82, 2.24) is 4.98 Å². The van der Waals surface area contributed by atoms with E-state index in [1.54, 1.807) is 18.0 Å². The Hall–Kier alpha value is -2.42. The quantitative estimate of drug-likeness (QED) is 0.719. The summed E-state index contributed by atoms with van der Waals surface area (Å²) in [6, 6.07) is 9.89. The van der Waals surface area contributed by atoms with Crippen molar-refractivity contribution in [2.75, 3.05) is 4.90 Å². The van der Waals surface area contributed by atoms with Gasteiger partial charge in [0.25, 0.3) is 0 Å². The number of hydrogen-bond acceptors (Lipinski definition) is 2. The highest BCUT2D eigenvalue weighted by Crippen LogP contribution is 2.28. The first kappa shape index (κ1) is 11.7. The first-order chi connectivity index (χ1) is 9.25. The van der Waals surface area contributed by atoms with Crippen LogP contribution in [0.15, 0.2) is 42.7 Å². The topological polar surface area (TPSA) is 33.2 Å². The van der Waals surface area contributed by atoms with Crippen LogP contribution < -0.4 is 4.90 Å². The molecule has 0 bridgehead atoms. The average Bonchev–Trinajstić information content (AvgIpc) is 2.41. The lowest BCUT2D eigenvalue weighted by Crippen LogP contribution is -2.29. The van der Waals surface area contributed by atoms with E-state index < -0.39 is 0 Å². The SMILES string of the molecule is CC(=O)N1Cc2ccncc2/C=C\c2ccccc21. The molecule has 0 atom stereocenters. The summed E-state index contributed by atoms with van der Waals surface area (Å²) in [5.74, 6) is 0.0468. The number of hydrogen-bond donors (Lipinski definition) is 0. The van der Waals surface area contributed by atoms with Gasteiger partial charge < -0.3 is 4.90 Å². The maximum Gasteiger partial charge on any atom is 0.224 e. The number of pyridine rings is 1. The number of nitrogens with zero attached hydrogens (tertiary/aromatic N) is 2. The number of rotatable bonds is 0. The minimum atomic E-state index is 0.0468. The fourth-order valence-corrected chi connectivity index (χ4v) is 2.32. The lowest BCUT2D eigenvalue weighted by Gasteiger charge is -2.25. The van der Waals surface area contributed by atoms with E-state index in [-0.39, 0.29) is 5.91 Å². The molecule has 3 rings (SSSR count). The van der Waals surface area contributed by atoms with Gasteiger partial charge in [-0.1, -0.05) is 30.4 Å². The number of benzene rings is 1. The van der Waals surface area contributed by atoms with Crippen LogP contribution in [0.3, 0.4) is 0 Å². The number of aromatic nitrogens is 1. The van der Waals surface area contributed by atoms with Gasteiger partial charge in [-0.2, -0.15) is 0 Å². The Labute approximate surface area is 112 Å². The zero-order chi connectivity index (χ0) is 13.2. The van der Waals surface area contributed by atoms with E-state index in [2.05, 4.69) is 11.1 Å². The van der Waals surface area contributed by atoms with Crippen LogP contribution in [0.25, 0.3) is 12.2 Å². The van der Waals surface area contributed by atoms with Crippen LogP contribution in [0.5, 0.6) is 0 Å². The van der Waals surface area contributed by atoms with Gasteiger partial charge in [-0.05, 0) is 28.8 Å². The zero-order valence-corrected chi connectivity index (χ0v) is 10.7. The highest BCUT2D eigenvalue weighted by Gasteiger charge is 2.17. The fourth-order valence-electron chi connectivity index (χ4n) is 2.32. The molecule has 1 aromatic heterocycles. The van der Waals surface area contributed by atoms with Crippen LogP contribution in [-0.4, -0.2) is 10.9 Å². The summed E-state index contributed by atoms with van der Waals surface area (Å²) in [6.45, 7) is 2.18. The van der Waals surface area contributed by atoms with E-state index in [0.29, 0.717) is 6.54 Å². The molecule has 3 heteroatoms. The molecule has 0 unspecified atom stereocenters. The molecule has 0 aliphatic carbocycles. The monoisotopic (exact) mass is 250 g/mol. The van der Waals surface area contributed by atoms with Crippen molar-refractivity contribution in [2.45, 2.75) is 13.5 Å². The number of carbonyl (C=O) groups is 1. The van der Waals surface area contributed by atoms with Crippen LogP contribution >= 0.6 is 0 Å². The van der Waals surface area contributed by atoms with Gasteiger partial charge in [0, 0.05) is 19.3 Å². The van der Waals surface area contributed by atoms with Crippen LogP contribution in [0.4, 0.5) is 5.69 Å². The van der Waals surface area contributed by atoms with Crippen LogP contribution in [0, 0.1) is 0 Å². The second kappa shape index (κ2) is 4.69. The molecule has 2 aromatic rings. The molecule has 2 heterocycles. The second-order valence-corrected chi connectivity index (χ2v) is 4.57. The average molecular weight is 250 g/mol. The molecule has 0 radical (unpaired) electrons. The fraction of sp³-hybridized carbons (Fsp3) is 0.125. The lowest BCUT2D eigenvalue weighted by atomic mass is 10.0. The zero-order valence-electron chi connectivity index (χ0n) is 10.7. The predicted molar refractivity (Wildman–Crippen MR) is 76.5 cm³/mol. The summed E-state index contributed by atoms with van der Waals surface area (Å²) in [5.41, 5.74) is 4.17. The normalized spacial score (nSPS) is 14.9. The second-order valence-electron chi connectivity index (χ2n) is 4.57. The summed E-state index contributed by atoms with van der Waals surface area (Å²) in [7, 11) is 0. The highest BCUT2D eigenvalue weighted by atomic mass is 16.2. The first-order valence-corrected chi connectivity index (χ1v) is 6.24. The van der Waals surface area contributed by atoms with Gasteiger partial charge in [0.15, 0.2) is 0 Å². The van der Waals surface area contributed by atoms with Crippen molar-refractivity contribution in [3.63, 3.8) is 0 Å². The summed E-state index contributed by atoms with van der Waals surface area (Å²) in [6.07, 6.45) is 7.68. The third-order valence-electron chi connectivity index (χ3n) is 3.32. The van der Waals surface area contributed by atoms with Crippen molar-refractivity contribution >= 4 is 23.7 Å². The number of carbonyl (C=O) groups excluding carboxylic acids is 1. The molecule has 0 saturated heterocycles. The van der Waals surface area contributed by atoms with Gasteiger partial charge in [-0.25, -0.2) is 0 Å². The van der Waals surface area contributed by atoms with Gasteiger partial charge in [0.1, 0.15) is 0 Å². The van der Waals surface area contributed by atoms with Gasteiger partial charge in [-0.3, -0.25) is 9.78 Å². The van der Waals surface area contributed by atoms with Crippen molar-refractivity contribution in [3.05, 3.63) is 59.4 Å². The van der Waals surface area contributed by atoms with Gasteiger partial charge in [-0.15, -0.1) is 0 Å². The first-order valence-electron chi connectivity index (χ1n) is 6.24. The third kappa shape index (κ3) is 2.15. The Balaban J connectivity index is 2.19. The molecule has 0 fully saturated rings. The number of amides is 1. The molecule has 0 N–H and O–H groups in total. The Morgan fingerprint density at radius 2 is 1.95 bits per heavy atom. The largest absolute Gasteiger partial charge is 0.308 e. The van der Waals surface area contributed by atoms with E-state index in [1.807, 2.05) is 42.6 Å². The number of para-hydroxylation sites is 1. The predicted octanol–water partition coefficient (Wildman–Crippen LogP) is 3.12. The molecular formula is C16H14N2O. The molecule has 1 aromatic carbocycles. The smallest absolute Gasteiger partial charge is 0.224 e. The summed E-state index contributed by atoms with van der Waals surface area (Å²) in [4.78, 5) is 17.9. The summed E-state index contributed by atoms with van der Waals surface area (Å²) >= 11 is 0. The van der Waals surface area contributed by atoms with Gasteiger partial charge in [0.2, 0.25) is 5.91 Å². The Bertz CT molecular complexity index is 661. The van der Waals surface area contributed by atoms with Gasteiger partial charge >= 0.3 is 0 Å². The molecular weight excluding hydrogens is 236 g/mol. The van der Waals surface area contributed by atoms with E-state index in [9.17, 15) is 4.79 Å². The highest BCUT2D eigenvalue weighted by molar-refractivity contribution is 5.95. The Morgan fingerprint density at radius 3 is 2.79 bits per heavy atom. The van der Waals surface area contributed by atoms with Gasteiger partial charge in [0.05, 0.1) is 12.2 Å². The molecule has 1 amide bonds. The number of anilines is 1.